The number of aryl methyl sites for hydroxylation is 1. The molecule has 4 aromatic carbocycles. The number of carboxylic acids is 1. The van der Waals surface area contributed by atoms with Gasteiger partial charge in [-0.25, -0.2) is 0 Å². The molecule has 2 N–H and O–H groups in total. The van der Waals surface area contributed by atoms with E-state index in [-0.39, 0.29) is 23.8 Å². The summed E-state index contributed by atoms with van der Waals surface area (Å²) in [4.78, 5) is 11.3. The quantitative estimate of drug-likeness (QED) is 0.150. The highest BCUT2D eigenvalue weighted by Gasteiger charge is 2.29. The smallest absolute Gasteiger partial charge is 0.307 e. The number of halogens is 2. The van der Waals surface area contributed by atoms with Crippen LogP contribution in [0.2, 0.25) is 0 Å². The minimum Gasteiger partial charge on any atom is -0.504 e. The minimum absolute atomic E-state index is 0.0495. The van der Waals surface area contributed by atoms with Crippen LogP contribution in [0, 0.1) is 6.92 Å². The van der Waals surface area contributed by atoms with Crippen molar-refractivity contribution in [1.82, 2.24) is 0 Å². The molecule has 0 radical (unpaired) electrons. The van der Waals surface area contributed by atoms with Crippen molar-refractivity contribution >= 4 is 37.8 Å². The number of hydrogen-bond donors (Lipinski definition) is 2. The number of ether oxygens (including phenoxy) is 4. The molecule has 0 bridgehead atoms. The molecule has 0 aliphatic carbocycles. The van der Waals surface area contributed by atoms with Crippen molar-refractivity contribution in [3.8, 4) is 34.5 Å². The Morgan fingerprint density at radius 2 is 1.44 bits per heavy atom. The highest BCUT2D eigenvalue weighted by Crippen LogP contribution is 2.50. The molecule has 0 aromatic heterocycles. The second-order valence-electron chi connectivity index (χ2n) is 10.4. The van der Waals surface area contributed by atoms with Crippen LogP contribution in [-0.2, 0) is 11.2 Å². The second kappa shape index (κ2) is 13.7. The first kappa shape index (κ1) is 32.2. The number of phenols is 1. The van der Waals surface area contributed by atoms with Gasteiger partial charge >= 0.3 is 5.97 Å². The first-order valence-electron chi connectivity index (χ1n) is 13.6. The third-order valence-electron chi connectivity index (χ3n) is 7.16. The third-order valence-corrected chi connectivity index (χ3v) is 8.34. The Morgan fingerprint density at radius 1 is 0.791 bits per heavy atom. The van der Waals surface area contributed by atoms with Crippen LogP contribution >= 0.6 is 31.9 Å². The van der Waals surface area contributed by atoms with Gasteiger partial charge in [-0.05, 0) is 86.2 Å². The normalized spacial score (nSPS) is 11.7. The lowest BCUT2D eigenvalue weighted by Crippen LogP contribution is -2.09. The van der Waals surface area contributed by atoms with Gasteiger partial charge in [-0.1, -0.05) is 49.7 Å². The summed E-state index contributed by atoms with van der Waals surface area (Å²) in [6, 6.07) is 19.0. The molecule has 43 heavy (non-hydrogen) atoms. The van der Waals surface area contributed by atoms with Crippen LogP contribution in [0.1, 0.15) is 59.1 Å². The fourth-order valence-electron chi connectivity index (χ4n) is 5.17. The van der Waals surface area contributed by atoms with E-state index in [1.54, 1.807) is 25.3 Å². The Morgan fingerprint density at radius 3 is 2.00 bits per heavy atom. The summed E-state index contributed by atoms with van der Waals surface area (Å²) in [5.41, 5.74) is 4.85. The lowest BCUT2D eigenvalue weighted by Gasteiger charge is -2.26. The highest BCUT2D eigenvalue weighted by atomic mass is 79.9. The molecular weight excluding hydrogens is 680 g/mol. The van der Waals surface area contributed by atoms with Crippen molar-refractivity contribution in [3.63, 3.8) is 0 Å². The first-order chi connectivity index (χ1) is 20.5. The molecule has 0 amide bonds. The average Bonchev–Trinajstić information content (AvgIpc) is 2.95. The van der Waals surface area contributed by atoms with Gasteiger partial charge in [0.2, 0.25) is 5.75 Å². The Bertz CT molecular complexity index is 1630. The molecule has 0 fully saturated rings. The van der Waals surface area contributed by atoms with E-state index in [2.05, 4.69) is 51.8 Å². The fourth-order valence-corrected chi connectivity index (χ4v) is 6.61. The van der Waals surface area contributed by atoms with E-state index in [1.807, 2.05) is 43.3 Å². The molecule has 0 saturated carbocycles. The zero-order valence-electron chi connectivity index (χ0n) is 24.8. The van der Waals surface area contributed by atoms with Crippen LogP contribution in [0.15, 0.2) is 69.6 Å². The highest BCUT2D eigenvalue weighted by molar-refractivity contribution is 9.11. The predicted octanol–water partition coefficient (Wildman–Crippen LogP) is 8.97. The van der Waals surface area contributed by atoms with Gasteiger partial charge in [0.05, 0.1) is 36.7 Å². The standard InChI is InChI=1S/C34H34Br2O7/c1-18(2)23-16-29(43-33-25(35)13-20(14-26(33)36)15-30(37)38)24(17-28(23)41-5)31(21-9-7-8-19(3)12-21)22-10-11-27(40-4)34(42-6)32(22)39/h7-14,16-18,31,39H,15H2,1-6H3,(H,37,38). The average molecular weight is 714 g/mol. The molecule has 4 aromatic rings. The van der Waals surface area contributed by atoms with Crippen molar-refractivity contribution in [2.75, 3.05) is 21.3 Å². The van der Waals surface area contributed by atoms with Gasteiger partial charge in [0.15, 0.2) is 17.2 Å². The molecule has 1 unspecified atom stereocenters. The van der Waals surface area contributed by atoms with Crippen LogP contribution in [0.3, 0.4) is 0 Å². The van der Waals surface area contributed by atoms with Crippen molar-refractivity contribution in [1.29, 1.82) is 0 Å². The van der Waals surface area contributed by atoms with Gasteiger partial charge in [-0.15, -0.1) is 0 Å². The van der Waals surface area contributed by atoms with E-state index in [1.165, 1.54) is 14.2 Å². The number of aliphatic carboxylic acids is 1. The van der Waals surface area contributed by atoms with Crippen LogP contribution in [0.25, 0.3) is 0 Å². The molecule has 226 valence electrons. The molecule has 0 heterocycles. The molecule has 0 spiro atoms. The molecule has 0 saturated heterocycles. The van der Waals surface area contributed by atoms with Gasteiger partial charge in [-0.2, -0.15) is 0 Å². The minimum atomic E-state index is -0.929. The van der Waals surface area contributed by atoms with E-state index in [4.69, 9.17) is 18.9 Å². The molecule has 7 nitrogen and oxygen atoms in total. The van der Waals surface area contributed by atoms with Crippen molar-refractivity contribution < 1.29 is 34.0 Å². The van der Waals surface area contributed by atoms with E-state index in [9.17, 15) is 15.0 Å². The SMILES string of the molecule is COc1cc(C(c2cccc(C)c2)c2ccc(OC)c(OC)c2O)c(Oc2c(Br)cc(CC(=O)O)cc2Br)cc1C(C)C. The number of carboxylic acid groups (broad SMARTS) is 1. The number of aromatic hydroxyl groups is 1. The van der Waals surface area contributed by atoms with Gasteiger partial charge in [0.25, 0.3) is 0 Å². The summed E-state index contributed by atoms with van der Waals surface area (Å²) in [6.45, 7) is 6.17. The zero-order valence-corrected chi connectivity index (χ0v) is 28.0. The van der Waals surface area contributed by atoms with Gasteiger partial charge < -0.3 is 29.2 Å². The third kappa shape index (κ3) is 6.94. The Balaban J connectivity index is 2.03. The molecule has 1 atom stereocenters. The summed E-state index contributed by atoms with van der Waals surface area (Å²) in [5.74, 6) is 0.971. The Labute approximate surface area is 268 Å². The number of carbonyl (C=O) groups is 1. The largest absolute Gasteiger partial charge is 0.504 e. The number of hydrogen-bond acceptors (Lipinski definition) is 6. The van der Waals surface area contributed by atoms with Gasteiger partial charge in [0.1, 0.15) is 11.5 Å². The van der Waals surface area contributed by atoms with E-state index in [0.29, 0.717) is 43.1 Å². The fraction of sp³-hybridized carbons (Fsp3) is 0.265. The van der Waals surface area contributed by atoms with Crippen molar-refractivity contribution in [3.05, 3.63) is 103 Å². The van der Waals surface area contributed by atoms with Crippen LogP contribution in [0.5, 0.6) is 34.5 Å². The van der Waals surface area contributed by atoms with E-state index < -0.39 is 11.9 Å². The summed E-state index contributed by atoms with van der Waals surface area (Å²) >= 11 is 7.17. The summed E-state index contributed by atoms with van der Waals surface area (Å²) in [6.07, 6.45) is -0.128. The number of rotatable bonds is 11. The van der Waals surface area contributed by atoms with E-state index in [0.717, 1.165) is 22.3 Å². The van der Waals surface area contributed by atoms with Gasteiger partial charge in [-0.3, -0.25) is 4.79 Å². The topological polar surface area (TPSA) is 94.5 Å². The van der Waals surface area contributed by atoms with Crippen molar-refractivity contribution in [2.45, 2.75) is 39.0 Å². The molecule has 0 aliphatic rings. The summed E-state index contributed by atoms with van der Waals surface area (Å²) in [5, 5.41) is 20.9. The summed E-state index contributed by atoms with van der Waals surface area (Å²) < 4.78 is 24.7. The van der Waals surface area contributed by atoms with E-state index >= 15 is 0 Å². The summed E-state index contributed by atoms with van der Waals surface area (Å²) in [7, 11) is 4.64. The molecule has 4 rings (SSSR count). The van der Waals surface area contributed by atoms with Crippen LogP contribution in [0.4, 0.5) is 0 Å². The lowest BCUT2D eigenvalue weighted by atomic mass is 9.82. The molecule has 9 heteroatoms. The zero-order chi connectivity index (χ0) is 31.4. The van der Waals surface area contributed by atoms with Crippen LogP contribution in [-0.4, -0.2) is 37.5 Å². The monoisotopic (exact) mass is 712 g/mol. The molecule has 0 aliphatic heterocycles. The maximum atomic E-state index is 11.6. The molecular formula is C34H34Br2O7. The Kier molecular flexibility index (Phi) is 10.3. The number of methoxy groups -OCH3 is 3. The second-order valence-corrected chi connectivity index (χ2v) is 12.1. The number of phenolic OH excluding ortho intramolecular Hbond substituents is 1. The van der Waals surface area contributed by atoms with Gasteiger partial charge in [0, 0.05) is 22.6 Å². The first-order valence-corrected chi connectivity index (χ1v) is 15.2. The predicted molar refractivity (Wildman–Crippen MR) is 174 cm³/mol. The maximum absolute atomic E-state index is 11.6. The lowest BCUT2D eigenvalue weighted by molar-refractivity contribution is -0.136. The number of benzene rings is 4. The Hall–Kier alpha value is -3.69. The van der Waals surface area contributed by atoms with Crippen molar-refractivity contribution in [2.24, 2.45) is 0 Å². The maximum Gasteiger partial charge on any atom is 0.307 e. The van der Waals surface area contributed by atoms with Crippen LogP contribution < -0.4 is 18.9 Å².